The minimum Gasteiger partial charge on any atom is -0.368 e. The molecule has 3 rings (SSSR count). The Hall–Kier alpha value is -1.39. The number of anilines is 1. The monoisotopic (exact) mass is 267 g/mol. The molecule has 3 nitrogen and oxygen atoms in total. The summed E-state index contributed by atoms with van der Waals surface area (Å²) in [4.78, 5) is 6.40. The maximum absolute atomic E-state index is 13.6. The predicted molar refractivity (Wildman–Crippen MR) is 74.0 cm³/mol. The van der Waals surface area contributed by atoms with Crippen LogP contribution in [0, 0.1) is 5.82 Å². The summed E-state index contributed by atoms with van der Waals surface area (Å²) >= 11 is 0. The SMILES string of the molecule is Cl.Fc1cccc2c(N3CCNCC3)ccnc12. The summed E-state index contributed by atoms with van der Waals surface area (Å²) in [5.74, 6) is -0.250. The van der Waals surface area contributed by atoms with E-state index in [0.29, 0.717) is 5.52 Å². The van der Waals surface area contributed by atoms with E-state index in [1.54, 1.807) is 12.3 Å². The molecular weight excluding hydrogens is 253 g/mol. The molecule has 0 radical (unpaired) electrons. The number of nitrogens with zero attached hydrogens (tertiary/aromatic N) is 2. The Morgan fingerprint density at radius 1 is 1.17 bits per heavy atom. The van der Waals surface area contributed by atoms with Gasteiger partial charge in [0.15, 0.2) is 0 Å². The van der Waals surface area contributed by atoms with Crippen LogP contribution in [0.15, 0.2) is 30.5 Å². The molecule has 1 aliphatic heterocycles. The molecule has 0 amide bonds. The molecular formula is C13H15ClFN3. The fourth-order valence-electron chi connectivity index (χ4n) is 2.31. The van der Waals surface area contributed by atoms with Crippen molar-refractivity contribution in [3.8, 4) is 0 Å². The van der Waals surface area contributed by atoms with Gasteiger partial charge in [0, 0.05) is 43.4 Å². The van der Waals surface area contributed by atoms with Gasteiger partial charge in [0.05, 0.1) is 0 Å². The van der Waals surface area contributed by atoms with E-state index in [0.717, 1.165) is 37.3 Å². The highest BCUT2D eigenvalue weighted by Crippen LogP contribution is 2.26. The summed E-state index contributed by atoms with van der Waals surface area (Å²) < 4.78 is 13.6. The van der Waals surface area contributed by atoms with Crippen molar-refractivity contribution in [2.45, 2.75) is 0 Å². The molecule has 1 aromatic carbocycles. The highest BCUT2D eigenvalue weighted by molar-refractivity contribution is 5.91. The van der Waals surface area contributed by atoms with Gasteiger partial charge in [-0.1, -0.05) is 12.1 Å². The summed E-state index contributed by atoms with van der Waals surface area (Å²) in [5.41, 5.74) is 1.54. The minimum absolute atomic E-state index is 0. The Balaban J connectivity index is 0.00000120. The molecule has 18 heavy (non-hydrogen) atoms. The van der Waals surface area contributed by atoms with Crippen LogP contribution in [0.4, 0.5) is 10.1 Å². The van der Waals surface area contributed by atoms with Crippen LogP contribution in [-0.4, -0.2) is 31.2 Å². The van der Waals surface area contributed by atoms with Crippen LogP contribution in [0.25, 0.3) is 10.9 Å². The number of pyridine rings is 1. The molecule has 1 fully saturated rings. The summed E-state index contributed by atoms with van der Waals surface area (Å²) in [5, 5.41) is 4.21. The van der Waals surface area contributed by atoms with Crippen LogP contribution in [0.3, 0.4) is 0 Å². The van der Waals surface area contributed by atoms with E-state index in [2.05, 4.69) is 15.2 Å². The number of nitrogens with one attached hydrogen (secondary N) is 1. The van der Waals surface area contributed by atoms with Crippen molar-refractivity contribution in [3.05, 3.63) is 36.3 Å². The first-order chi connectivity index (χ1) is 8.36. The Kier molecular flexibility index (Phi) is 3.99. The fourth-order valence-corrected chi connectivity index (χ4v) is 2.31. The summed E-state index contributed by atoms with van der Waals surface area (Å²) in [6, 6.07) is 7.10. The number of hydrogen-bond acceptors (Lipinski definition) is 3. The maximum Gasteiger partial charge on any atom is 0.149 e. The van der Waals surface area contributed by atoms with Crippen LogP contribution >= 0.6 is 12.4 Å². The van der Waals surface area contributed by atoms with E-state index in [1.807, 2.05) is 12.1 Å². The molecule has 1 aliphatic rings. The van der Waals surface area contributed by atoms with Crippen molar-refractivity contribution in [1.29, 1.82) is 0 Å². The molecule has 0 spiro atoms. The fraction of sp³-hybridized carbons (Fsp3) is 0.308. The zero-order valence-electron chi connectivity index (χ0n) is 9.90. The van der Waals surface area contributed by atoms with Gasteiger partial charge in [-0.25, -0.2) is 4.39 Å². The Labute approximate surface area is 111 Å². The van der Waals surface area contributed by atoms with Gasteiger partial charge in [0.2, 0.25) is 0 Å². The highest BCUT2D eigenvalue weighted by Gasteiger charge is 2.14. The van der Waals surface area contributed by atoms with E-state index in [-0.39, 0.29) is 18.2 Å². The smallest absolute Gasteiger partial charge is 0.149 e. The van der Waals surface area contributed by atoms with Gasteiger partial charge in [-0.2, -0.15) is 0 Å². The van der Waals surface area contributed by atoms with Crippen molar-refractivity contribution in [3.63, 3.8) is 0 Å². The van der Waals surface area contributed by atoms with Gasteiger partial charge in [-0.15, -0.1) is 12.4 Å². The van der Waals surface area contributed by atoms with E-state index in [1.165, 1.54) is 6.07 Å². The van der Waals surface area contributed by atoms with Gasteiger partial charge < -0.3 is 10.2 Å². The van der Waals surface area contributed by atoms with Crippen molar-refractivity contribution in [1.82, 2.24) is 10.3 Å². The Bertz CT molecular complexity index is 541. The second-order valence-electron chi connectivity index (χ2n) is 4.20. The number of rotatable bonds is 1. The summed E-state index contributed by atoms with van der Waals surface area (Å²) in [6.07, 6.45) is 1.68. The quantitative estimate of drug-likeness (QED) is 0.859. The first-order valence-corrected chi connectivity index (χ1v) is 5.85. The third-order valence-corrected chi connectivity index (χ3v) is 3.16. The number of hydrogen-bond donors (Lipinski definition) is 1. The molecule has 0 bridgehead atoms. The average Bonchev–Trinajstić information content (AvgIpc) is 2.40. The van der Waals surface area contributed by atoms with E-state index >= 15 is 0 Å². The van der Waals surface area contributed by atoms with Gasteiger partial charge in [-0.3, -0.25) is 4.98 Å². The number of piperazine rings is 1. The lowest BCUT2D eigenvalue weighted by atomic mass is 10.1. The van der Waals surface area contributed by atoms with Crippen molar-refractivity contribution in [2.24, 2.45) is 0 Å². The molecule has 1 saturated heterocycles. The van der Waals surface area contributed by atoms with Crippen LogP contribution in [0.5, 0.6) is 0 Å². The Morgan fingerprint density at radius 2 is 1.94 bits per heavy atom. The van der Waals surface area contributed by atoms with Gasteiger partial charge >= 0.3 is 0 Å². The molecule has 1 aromatic heterocycles. The Morgan fingerprint density at radius 3 is 2.72 bits per heavy atom. The van der Waals surface area contributed by atoms with Gasteiger partial charge in [0.1, 0.15) is 11.3 Å². The standard InChI is InChI=1S/C13H14FN3.ClH/c14-11-3-1-2-10-12(4-5-16-13(10)11)17-8-6-15-7-9-17;/h1-5,15H,6-9H2;1H. The number of para-hydroxylation sites is 1. The number of benzene rings is 1. The molecule has 0 aliphatic carbocycles. The number of halogens is 2. The predicted octanol–water partition coefficient (Wildman–Crippen LogP) is 2.21. The first-order valence-electron chi connectivity index (χ1n) is 5.85. The van der Waals surface area contributed by atoms with Gasteiger partial charge in [0.25, 0.3) is 0 Å². The molecule has 0 unspecified atom stereocenters. The largest absolute Gasteiger partial charge is 0.368 e. The van der Waals surface area contributed by atoms with Crippen LogP contribution in [0.2, 0.25) is 0 Å². The average molecular weight is 268 g/mol. The second-order valence-corrected chi connectivity index (χ2v) is 4.20. The van der Waals surface area contributed by atoms with Gasteiger partial charge in [-0.05, 0) is 12.1 Å². The molecule has 5 heteroatoms. The summed E-state index contributed by atoms with van der Waals surface area (Å²) in [7, 11) is 0. The van der Waals surface area contributed by atoms with E-state index in [4.69, 9.17) is 0 Å². The first kappa shape index (κ1) is 13.1. The normalized spacial score (nSPS) is 15.5. The summed E-state index contributed by atoms with van der Waals surface area (Å²) in [6.45, 7) is 3.85. The second kappa shape index (κ2) is 5.50. The molecule has 2 aromatic rings. The molecule has 0 atom stereocenters. The zero-order chi connectivity index (χ0) is 11.7. The minimum atomic E-state index is -0.250. The number of fused-ring (bicyclic) bond motifs is 1. The number of aromatic nitrogens is 1. The third kappa shape index (κ3) is 2.26. The van der Waals surface area contributed by atoms with Crippen LogP contribution in [0.1, 0.15) is 0 Å². The highest BCUT2D eigenvalue weighted by atomic mass is 35.5. The van der Waals surface area contributed by atoms with Crippen LogP contribution < -0.4 is 10.2 Å². The van der Waals surface area contributed by atoms with Crippen molar-refractivity contribution >= 4 is 29.0 Å². The lowest BCUT2D eigenvalue weighted by Gasteiger charge is -2.30. The molecule has 0 saturated carbocycles. The third-order valence-electron chi connectivity index (χ3n) is 3.16. The topological polar surface area (TPSA) is 28.2 Å². The van der Waals surface area contributed by atoms with Crippen molar-refractivity contribution in [2.75, 3.05) is 31.1 Å². The van der Waals surface area contributed by atoms with Crippen molar-refractivity contribution < 1.29 is 4.39 Å². The molecule has 2 heterocycles. The maximum atomic E-state index is 13.6. The molecule has 1 N–H and O–H groups in total. The van der Waals surface area contributed by atoms with E-state index < -0.39 is 0 Å². The lowest BCUT2D eigenvalue weighted by molar-refractivity contribution is 0.590. The molecule has 96 valence electrons. The zero-order valence-corrected chi connectivity index (χ0v) is 10.7. The van der Waals surface area contributed by atoms with E-state index in [9.17, 15) is 4.39 Å². The van der Waals surface area contributed by atoms with Crippen LogP contribution in [-0.2, 0) is 0 Å². The lowest BCUT2D eigenvalue weighted by Crippen LogP contribution is -2.43.